The molecular weight excluding hydrogens is 391 g/mol. The van der Waals surface area contributed by atoms with E-state index >= 15 is 0 Å². The Morgan fingerprint density at radius 1 is 1.14 bits per heavy atom. The van der Waals surface area contributed by atoms with Crippen molar-refractivity contribution < 1.29 is 22.8 Å². The first kappa shape index (κ1) is 22.0. The number of halogens is 3. The molecule has 5 nitrogen and oxygen atoms in total. The fourth-order valence-electron chi connectivity index (χ4n) is 2.44. The molecule has 0 aliphatic rings. The van der Waals surface area contributed by atoms with Gasteiger partial charge in [-0.25, -0.2) is 4.98 Å². The second kappa shape index (κ2) is 9.77. The fraction of sp³-hybridized carbons (Fsp3) is 0.421. The third-order valence-corrected chi connectivity index (χ3v) is 4.75. The third kappa shape index (κ3) is 6.70. The van der Waals surface area contributed by atoms with Gasteiger partial charge in [-0.3, -0.25) is 9.59 Å². The van der Waals surface area contributed by atoms with Crippen LogP contribution in [0.1, 0.15) is 26.0 Å². The van der Waals surface area contributed by atoms with Crippen LogP contribution in [0, 0.1) is 5.92 Å². The molecule has 1 aromatic carbocycles. The lowest BCUT2D eigenvalue weighted by Gasteiger charge is -2.12. The standard InChI is InChI=1S/C19H22F3N3O2S/c1-12(2)9-17(26)24-11-18(27)23-7-8-28-15-10-16(19(20,21)22)25-14-6-4-3-5-13(14)15/h3-6,10,12H,7-9,11H2,1-2H3,(H,23,27)(H,24,26). The minimum atomic E-state index is -4.53. The summed E-state index contributed by atoms with van der Waals surface area (Å²) in [7, 11) is 0. The Morgan fingerprint density at radius 2 is 1.86 bits per heavy atom. The van der Waals surface area contributed by atoms with Gasteiger partial charge in [-0.1, -0.05) is 32.0 Å². The highest BCUT2D eigenvalue weighted by atomic mass is 32.2. The van der Waals surface area contributed by atoms with E-state index in [-0.39, 0.29) is 36.3 Å². The average molecular weight is 413 g/mol. The maximum atomic E-state index is 13.1. The van der Waals surface area contributed by atoms with E-state index in [1.165, 1.54) is 17.8 Å². The summed E-state index contributed by atoms with van der Waals surface area (Å²) in [6, 6.07) is 7.66. The Morgan fingerprint density at radius 3 is 2.54 bits per heavy atom. The van der Waals surface area contributed by atoms with Gasteiger partial charge in [0, 0.05) is 29.0 Å². The molecule has 0 aliphatic carbocycles. The number of thioether (sulfide) groups is 1. The Bertz CT molecular complexity index is 841. The van der Waals surface area contributed by atoms with Crippen molar-refractivity contribution in [1.82, 2.24) is 15.6 Å². The quantitative estimate of drug-likeness (QED) is 0.512. The smallest absolute Gasteiger partial charge is 0.354 e. The highest BCUT2D eigenvalue weighted by Gasteiger charge is 2.33. The van der Waals surface area contributed by atoms with Gasteiger partial charge in [0.05, 0.1) is 12.1 Å². The number of rotatable bonds is 8. The summed E-state index contributed by atoms with van der Waals surface area (Å²) >= 11 is 1.21. The molecule has 0 saturated carbocycles. The summed E-state index contributed by atoms with van der Waals surface area (Å²) in [6.07, 6.45) is -4.18. The molecule has 0 radical (unpaired) electrons. The first-order chi connectivity index (χ1) is 13.2. The maximum Gasteiger partial charge on any atom is 0.433 e. The highest BCUT2D eigenvalue weighted by Crippen LogP contribution is 2.34. The van der Waals surface area contributed by atoms with Gasteiger partial charge in [-0.05, 0) is 18.1 Å². The number of nitrogens with zero attached hydrogens (tertiary/aromatic N) is 1. The van der Waals surface area contributed by atoms with E-state index in [0.717, 1.165) is 6.07 Å². The minimum absolute atomic E-state index is 0.118. The number of aromatic nitrogens is 1. The molecule has 1 heterocycles. The molecule has 2 rings (SSSR count). The van der Waals surface area contributed by atoms with Gasteiger partial charge in [-0.2, -0.15) is 13.2 Å². The normalized spacial score (nSPS) is 11.6. The van der Waals surface area contributed by atoms with Gasteiger partial charge in [0.25, 0.3) is 0 Å². The number of pyridine rings is 1. The molecular formula is C19H22F3N3O2S. The predicted octanol–water partition coefficient (Wildman–Crippen LogP) is 3.62. The lowest BCUT2D eigenvalue weighted by molar-refractivity contribution is -0.141. The van der Waals surface area contributed by atoms with Crippen molar-refractivity contribution in [2.75, 3.05) is 18.8 Å². The molecule has 0 atom stereocenters. The number of hydrogen-bond acceptors (Lipinski definition) is 4. The number of amides is 2. The van der Waals surface area contributed by atoms with Crippen LogP contribution in [0.4, 0.5) is 13.2 Å². The zero-order valence-corrected chi connectivity index (χ0v) is 16.4. The zero-order valence-electron chi connectivity index (χ0n) is 15.6. The van der Waals surface area contributed by atoms with E-state index in [4.69, 9.17) is 0 Å². The number of nitrogens with one attached hydrogen (secondary N) is 2. The van der Waals surface area contributed by atoms with Gasteiger partial charge in [0.15, 0.2) is 0 Å². The van der Waals surface area contributed by atoms with Crippen LogP contribution in [0.2, 0.25) is 0 Å². The SMILES string of the molecule is CC(C)CC(=O)NCC(=O)NCCSc1cc(C(F)(F)F)nc2ccccc12. The number of hydrogen-bond donors (Lipinski definition) is 2. The van der Waals surface area contributed by atoms with Crippen molar-refractivity contribution in [2.24, 2.45) is 5.92 Å². The van der Waals surface area contributed by atoms with Gasteiger partial charge in [0.2, 0.25) is 11.8 Å². The molecule has 2 aromatic rings. The number of fused-ring (bicyclic) bond motifs is 1. The predicted molar refractivity (Wildman–Crippen MR) is 103 cm³/mol. The molecule has 0 bridgehead atoms. The molecule has 0 unspecified atom stereocenters. The molecule has 9 heteroatoms. The van der Waals surface area contributed by atoms with Crippen LogP contribution < -0.4 is 10.6 Å². The maximum absolute atomic E-state index is 13.1. The Kier molecular flexibility index (Phi) is 7.68. The molecule has 152 valence electrons. The second-order valence-corrected chi connectivity index (χ2v) is 7.73. The molecule has 1 aromatic heterocycles. The van der Waals surface area contributed by atoms with Crippen molar-refractivity contribution in [1.29, 1.82) is 0 Å². The molecule has 0 spiro atoms. The Labute approximate surface area is 165 Å². The highest BCUT2D eigenvalue weighted by molar-refractivity contribution is 7.99. The van der Waals surface area contributed by atoms with E-state index in [9.17, 15) is 22.8 Å². The lowest BCUT2D eigenvalue weighted by Crippen LogP contribution is -2.38. The number of carbonyl (C=O) groups is 2. The van der Waals surface area contributed by atoms with Crippen LogP contribution in [-0.2, 0) is 15.8 Å². The van der Waals surface area contributed by atoms with Gasteiger partial charge >= 0.3 is 6.18 Å². The summed E-state index contributed by atoms with van der Waals surface area (Å²) in [5, 5.41) is 5.80. The zero-order chi connectivity index (χ0) is 20.7. The molecule has 0 fully saturated rings. The van der Waals surface area contributed by atoms with E-state index in [2.05, 4.69) is 15.6 Å². The lowest BCUT2D eigenvalue weighted by atomic mass is 10.1. The van der Waals surface area contributed by atoms with Crippen molar-refractivity contribution in [3.8, 4) is 0 Å². The summed E-state index contributed by atoms with van der Waals surface area (Å²) in [6.45, 7) is 3.96. The summed E-state index contributed by atoms with van der Waals surface area (Å²) in [4.78, 5) is 27.4. The van der Waals surface area contributed by atoms with E-state index in [1.807, 2.05) is 13.8 Å². The second-order valence-electron chi connectivity index (χ2n) is 6.59. The van der Waals surface area contributed by atoms with Crippen LogP contribution in [-0.4, -0.2) is 35.6 Å². The number of para-hydroxylation sites is 1. The third-order valence-electron chi connectivity index (χ3n) is 3.69. The van der Waals surface area contributed by atoms with Gasteiger partial charge in [-0.15, -0.1) is 11.8 Å². The van der Waals surface area contributed by atoms with Crippen molar-refractivity contribution in [3.05, 3.63) is 36.0 Å². The minimum Gasteiger partial charge on any atom is -0.354 e. The van der Waals surface area contributed by atoms with E-state index in [0.29, 0.717) is 22.5 Å². The van der Waals surface area contributed by atoms with Gasteiger partial charge < -0.3 is 10.6 Å². The average Bonchev–Trinajstić information content (AvgIpc) is 2.62. The van der Waals surface area contributed by atoms with E-state index < -0.39 is 11.9 Å². The summed E-state index contributed by atoms with van der Waals surface area (Å²) in [5.41, 5.74) is -0.665. The van der Waals surface area contributed by atoms with Crippen molar-refractivity contribution in [2.45, 2.75) is 31.3 Å². The Balaban J connectivity index is 1.90. The topological polar surface area (TPSA) is 71.1 Å². The Hall–Kier alpha value is -2.29. The van der Waals surface area contributed by atoms with Crippen LogP contribution in [0.5, 0.6) is 0 Å². The molecule has 2 amide bonds. The van der Waals surface area contributed by atoms with Gasteiger partial charge in [0.1, 0.15) is 5.69 Å². The molecule has 0 saturated heterocycles. The summed E-state index contributed by atoms with van der Waals surface area (Å²) < 4.78 is 39.2. The monoisotopic (exact) mass is 413 g/mol. The van der Waals surface area contributed by atoms with Crippen LogP contribution >= 0.6 is 11.8 Å². The summed E-state index contributed by atoms with van der Waals surface area (Å²) in [5.74, 6) is 0.0590. The van der Waals surface area contributed by atoms with Crippen molar-refractivity contribution in [3.63, 3.8) is 0 Å². The van der Waals surface area contributed by atoms with Crippen LogP contribution in [0.3, 0.4) is 0 Å². The van der Waals surface area contributed by atoms with Crippen LogP contribution in [0.25, 0.3) is 10.9 Å². The number of carbonyl (C=O) groups excluding carboxylic acids is 2. The van der Waals surface area contributed by atoms with Crippen LogP contribution in [0.15, 0.2) is 35.2 Å². The molecule has 28 heavy (non-hydrogen) atoms. The van der Waals surface area contributed by atoms with E-state index in [1.54, 1.807) is 18.2 Å². The fourth-order valence-corrected chi connectivity index (χ4v) is 3.39. The van der Waals surface area contributed by atoms with Crippen molar-refractivity contribution >= 4 is 34.5 Å². The molecule has 2 N–H and O–H groups in total. The number of benzene rings is 1. The number of alkyl halides is 3. The first-order valence-corrected chi connectivity index (χ1v) is 9.78. The molecule has 0 aliphatic heterocycles. The first-order valence-electron chi connectivity index (χ1n) is 8.80. The largest absolute Gasteiger partial charge is 0.433 e.